The van der Waals surface area contributed by atoms with Crippen LogP contribution in [0.1, 0.15) is 89.5 Å². The van der Waals surface area contributed by atoms with Gasteiger partial charge in [0.1, 0.15) is 0 Å². The molecule has 0 aromatic carbocycles. The number of nitrogens with zero attached hydrogens (tertiary/aromatic N) is 6. The van der Waals surface area contributed by atoms with Gasteiger partial charge < -0.3 is 0 Å². The summed E-state index contributed by atoms with van der Waals surface area (Å²) in [4.78, 5) is 86.8. The van der Waals surface area contributed by atoms with Crippen LogP contribution in [0.25, 0.3) is 0 Å². The summed E-state index contributed by atoms with van der Waals surface area (Å²) in [6.07, 6.45) is 15.5. The summed E-state index contributed by atoms with van der Waals surface area (Å²) in [7, 11) is 0. The van der Waals surface area contributed by atoms with Crippen molar-refractivity contribution in [2.45, 2.75) is 115 Å². The van der Waals surface area contributed by atoms with Crippen LogP contribution in [0.2, 0.25) is 0 Å². The molecule has 5 unspecified atom stereocenters. The number of aliphatic imine (C=N–C) groups is 3. The molecule has 0 aliphatic heterocycles. The lowest BCUT2D eigenvalue weighted by molar-refractivity contribution is 0.212. The molecule has 0 amide bonds. The molecule has 12 nitrogen and oxygen atoms in total. The van der Waals surface area contributed by atoms with Crippen LogP contribution >= 0.6 is 0 Å². The predicted octanol–water partition coefficient (Wildman–Crippen LogP) is 2.42. The zero-order valence-corrected chi connectivity index (χ0v) is 22.9. The average molecular weight is 555 g/mol. The van der Waals surface area contributed by atoms with E-state index in [0.29, 0.717) is 25.7 Å². The number of isocyanates is 3. The van der Waals surface area contributed by atoms with E-state index in [9.17, 15) is 28.8 Å². The standard InChI is InChI=1S/C28H38N6O6/c35-17-29-14-25(20-8-2-1-3-9-20)34-27(39)32(15-21-10-4-6-12-23(21)30-18-36)26(38)33(28(34)40)16-22-11-5-7-13-24(22)31-19-37/h20-25H,1-16H2. The van der Waals surface area contributed by atoms with Crippen molar-refractivity contribution >= 4 is 18.2 Å². The third kappa shape index (κ3) is 6.64. The average Bonchev–Trinajstić information content (AvgIpc) is 2.97. The first kappa shape index (κ1) is 29.5. The normalized spacial score (nSPS) is 26.1. The lowest BCUT2D eigenvalue weighted by atomic mass is 9.83. The molecular formula is C28H38N6O6. The van der Waals surface area contributed by atoms with E-state index in [1.54, 1.807) is 18.2 Å². The molecule has 0 spiro atoms. The zero-order valence-electron chi connectivity index (χ0n) is 22.9. The van der Waals surface area contributed by atoms with Crippen LogP contribution in [0.5, 0.6) is 0 Å². The van der Waals surface area contributed by atoms with Crippen molar-refractivity contribution in [3.8, 4) is 0 Å². The maximum Gasteiger partial charge on any atom is 0.336 e. The Morgan fingerprint density at radius 3 is 1.57 bits per heavy atom. The molecule has 0 saturated heterocycles. The molecule has 1 aromatic heterocycles. The summed E-state index contributed by atoms with van der Waals surface area (Å²) in [6.45, 7) is -0.0457. The molecule has 12 heteroatoms. The van der Waals surface area contributed by atoms with Gasteiger partial charge in [-0.1, -0.05) is 44.9 Å². The van der Waals surface area contributed by atoms with E-state index < -0.39 is 23.1 Å². The minimum atomic E-state index is -0.728. The van der Waals surface area contributed by atoms with Gasteiger partial charge in [0.15, 0.2) is 0 Å². The molecule has 216 valence electrons. The zero-order chi connectivity index (χ0) is 28.5. The first-order valence-electron chi connectivity index (χ1n) is 14.6. The van der Waals surface area contributed by atoms with Crippen LogP contribution in [0, 0.1) is 17.8 Å². The molecule has 5 atom stereocenters. The van der Waals surface area contributed by atoms with Gasteiger partial charge in [0.2, 0.25) is 18.2 Å². The monoisotopic (exact) mass is 554 g/mol. The van der Waals surface area contributed by atoms with Gasteiger partial charge in [0.05, 0.1) is 24.7 Å². The predicted molar refractivity (Wildman–Crippen MR) is 146 cm³/mol. The summed E-state index contributed by atoms with van der Waals surface area (Å²) in [5.41, 5.74) is -2.17. The van der Waals surface area contributed by atoms with E-state index >= 15 is 0 Å². The highest BCUT2D eigenvalue weighted by atomic mass is 16.2. The van der Waals surface area contributed by atoms with Crippen LogP contribution in [0.3, 0.4) is 0 Å². The van der Waals surface area contributed by atoms with E-state index in [2.05, 4.69) is 15.0 Å². The topological polar surface area (TPSA) is 154 Å². The molecule has 3 aliphatic carbocycles. The van der Waals surface area contributed by atoms with Crippen molar-refractivity contribution in [3.63, 3.8) is 0 Å². The van der Waals surface area contributed by atoms with Gasteiger partial charge in [-0.15, -0.1) is 0 Å². The van der Waals surface area contributed by atoms with Crippen molar-refractivity contribution in [1.82, 2.24) is 13.7 Å². The minimum Gasteiger partial charge on any atom is -0.247 e. The number of rotatable bonds is 10. The second-order valence-electron chi connectivity index (χ2n) is 11.5. The summed E-state index contributed by atoms with van der Waals surface area (Å²) in [5.74, 6) is -0.522. The quantitative estimate of drug-likeness (QED) is 0.320. The second kappa shape index (κ2) is 14.3. The third-order valence-corrected chi connectivity index (χ3v) is 9.21. The summed E-state index contributed by atoms with van der Waals surface area (Å²) >= 11 is 0. The lowest BCUT2D eigenvalue weighted by Crippen LogP contribution is -2.58. The fraction of sp³-hybridized carbons (Fsp3) is 0.786. The first-order chi connectivity index (χ1) is 19.5. The summed E-state index contributed by atoms with van der Waals surface area (Å²) < 4.78 is 3.33. The molecule has 40 heavy (non-hydrogen) atoms. The van der Waals surface area contributed by atoms with Crippen molar-refractivity contribution in [2.24, 2.45) is 32.7 Å². The smallest absolute Gasteiger partial charge is 0.247 e. The minimum absolute atomic E-state index is 0.0166. The van der Waals surface area contributed by atoms with Gasteiger partial charge in [-0.3, -0.25) is 0 Å². The molecule has 3 fully saturated rings. The maximum atomic E-state index is 14.0. The Kier molecular flexibility index (Phi) is 10.5. The molecule has 0 bridgehead atoms. The van der Waals surface area contributed by atoms with Crippen LogP contribution in [-0.4, -0.2) is 50.6 Å². The van der Waals surface area contributed by atoms with E-state index in [1.807, 2.05) is 0 Å². The van der Waals surface area contributed by atoms with E-state index in [4.69, 9.17) is 0 Å². The molecule has 0 N–H and O–H groups in total. The second-order valence-corrected chi connectivity index (χ2v) is 11.5. The molecule has 0 radical (unpaired) electrons. The Bertz CT molecular complexity index is 1280. The highest BCUT2D eigenvalue weighted by Crippen LogP contribution is 2.33. The molecule has 3 aliphatic rings. The van der Waals surface area contributed by atoms with Gasteiger partial charge >= 0.3 is 17.1 Å². The van der Waals surface area contributed by atoms with Crippen LogP contribution in [0.4, 0.5) is 0 Å². The Balaban J connectivity index is 1.86. The molecular weight excluding hydrogens is 516 g/mol. The number of aromatic nitrogens is 3. The number of hydrogen-bond acceptors (Lipinski definition) is 9. The largest absolute Gasteiger partial charge is 0.336 e. The van der Waals surface area contributed by atoms with Crippen molar-refractivity contribution in [1.29, 1.82) is 0 Å². The number of hydrogen-bond donors (Lipinski definition) is 0. The maximum absolute atomic E-state index is 14.0. The third-order valence-electron chi connectivity index (χ3n) is 9.21. The van der Waals surface area contributed by atoms with Gasteiger partial charge in [-0.05, 0) is 44.4 Å². The SMILES string of the molecule is O=C=NCC(C1CCCCC1)n1c(=O)n(CC2CCCCC2N=C=O)c(=O)n(CC2CCCCC2N=C=O)c1=O. The molecule has 1 aromatic rings. The van der Waals surface area contributed by atoms with Crippen molar-refractivity contribution in [2.75, 3.05) is 6.54 Å². The van der Waals surface area contributed by atoms with Crippen LogP contribution in [0.15, 0.2) is 29.4 Å². The fourth-order valence-electron chi connectivity index (χ4n) is 7.09. The van der Waals surface area contributed by atoms with E-state index in [1.165, 1.54) is 0 Å². The number of carbonyl (C=O) groups excluding carboxylic acids is 3. The molecule has 1 heterocycles. The fourth-order valence-corrected chi connectivity index (χ4v) is 7.09. The first-order valence-corrected chi connectivity index (χ1v) is 14.6. The van der Waals surface area contributed by atoms with Crippen LogP contribution < -0.4 is 17.1 Å². The van der Waals surface area contributed by atoms with E-state index in [-0.39, 0.29) is 49.5 Å². The van der Waals surface area contributed by atoms with Crippen molar-refractivity contribution < 1.29 is 14.4 Å². The Labute approximate surface area is 231 Å². The summed E-state index contributed by atoms with van der Waals surface area (Å²) in [6, 6.07) is -1.40. The van der Waals surface area contributed by atoms with Crippen LogP contribution in [-0.2, 0) is 27.5 Å². The Morgan fingerprint density at radius 2 is 1.10 bits per heavy atom. The van der Waals surface area contributed by atoms with Gasteiger partial charge in [0, 0.05) is 24.9 Å². The molecule has 4 rings (SSSR count). The van der Waals surface area contributed by atoms with Gasteiger partial charge in [-0.25, -0.2) is 57.4 Å². The highest BCUT2D eigenvalue weighted by molar-refractivity contribution is 5.34. The molecule has 3 saturated carbocycles. The Morgan fingerprint density at radius 1 is 0.625 bits per heavy atom. The van der Waals surface area contributed by atoms with Crippen molar-refractivity contribution in [3.05, 3.63) is 31.5 Å². The summed E-state index contributed by atoms with van der Waals surface area (Å²) in [5, 5.41) is 0. The Hall–Kier alpha value is -3.45. The van der Waals surface area contributed by atoms with Gasteiger partial charge in [0.25, 0.3) is 0 Å². The van der Waals surface area contributed by atoms with E-state index in [0.717, 1.165) is 71.5 Å². The lowest BCUT2D eigenvalue weighted by Gasteiger charge is -2.32. The van der Waals surface area contributed by atoms with Gasteiger partial charge in [-0.2, -0.15) is 0 Å². The highest BCUT2D eigenvalue weighted by Gasteiger charge is 2.33.